The quantitative estimate of drug-likeness (QED) is 0.0305. The van der Waals surface area contributed by atoms with Gasteiger partial charge in [-0.05, 0) is 57.6 Å². The summed E-state index contributed by atoms with van der Waals surface area (Å²) >= 11 is 2.32. The van der Waals surface area contributed by atoms with Gasteiger partial charge in [-0.1, -0.05) is 5.16 Å². The molecule has 49 heavy (non-hydrogen) atoms. The van der Waals surface area contributed by atoms with Crippen LogP contribution >= 0.6 is 23.1 Å². The number of aliphatic carboxylic acids is 2. The van der Waals surface area contributed by atoms with Gasteiger partial charge in [-0.2, -0.15) is 0 Å². The number of nitrogens with zero attached hydrogens (tertiary/aromatic N) is 5. The first-order valence-electron chi connectivity index (χ1n) is 15.6. The van der Waals surface area contributed by atoms with Crippen LogP contribution in [-0.4, -0.2) is 103 Å². The highest BCUT2D eigenvalue weighted by Gasteiger charge is 2.54. The summed E-state index contributed by atoms with van der Waals surface area (Å²) < 4.78 is 1.75. The number of hydrogen-bond donors (Lipinski definition) is 8. The highest BCUT2D eigenvalue weighted by Crippen LogP contribution is 2.40. The summed E-state index contributed by atoms with van der Waals surface area (Å²) in [5.74, 6) is -3.20. The molecular weight excluding hydrogens is 679 g/mol. The van der Waals surface area contributed by atoms with E-state index in [2.05, 4.69) is 31.1 Å². The number of hydrogen-bond acceptors (Lipinski definition) is 15. The second kappa shape index (κ2) is 16.7. The molecule has 0 aromatic carbocycles. The van der Waals surface area contributed by atoms with Gasteiger partial charge in [-0.3, -0.25) is 14.5 Å². The molecule has 2 amide bonds. The first-order chi connectivity index (χ1) is 23.4. The lowest BCUT2D eigenvalue weighted by Gasteiger charge is -2.49. The van der Waals surface area contributed by atoms with Crippen molar-refractivity contribution in [3.8, 4) is 0 Å². The number of rotatable bonds is 19. The Morgan fingerprint density at radius 1 is 1.14 bits per heavy atom. The second-order valence-electron chi connectivity index (χ2n) is 11.7. The zero-order valence-electron chi connectivity index (χ0n) is 27.2. The third kappa shape index (κ3) is 9.13. The minimum Gasteiger partial charge on any atom is -0.478 e. The number of nitrogens with two attached hydrogens (primary N) is 3. The molecule has 18 nitrogen and oxygen atoms in total. The SMILES string of the molecule is CC(C)(O/N=C(\C(=O)N[C@@H]1C(=O)N2C(C(=O)O)=C(C[n+]3cnc(NCCCCN)c(NCCCCN)c3)CSC12)c1csc(N)n1)C(=O)O. The van der Waals surface area contributed by atoms with Crippen molar-refractivity contribution in [2.24, 2.45) is 16.6 Å². The molecule has 1 unspecified atom stereocenters. The molecule has 0 aliphatic carbocycles. The smallest absolute Gasteiger partial charge is 0.352 e. The minimum atomic E-state index is -1.77. The number of nitrogens with one attached hydrogen (secondary N) is 3. The molecule has 266 valence electrons. The van der Waals surface area contributed by atoms with Crippen molar-refractivity contribution in [3.05, 3.63) is 34.9 Å². The summed E-state index contributed by atoms with van der Waals surface area (Å²) in [7, 11) is 0. The molecule has 2 aromatic rings. The van der Waals surface area contributed by atoms with Crippen molar-refractivity contribution in [3.63, 3.8) is 0 Å². The molecule has 1 saturated heterocycles. The van der Waals surface area contributed by atoms with E-state index in [-0.39, 0.29) is 28.8 Å². The van der Waals surface area contributed by atoms with Gasteiger partial charge in [0.25, 0.3) is 24.0 Å². The van der Waals surface area contributed by atoms with E-state index >= 15 is 0 Å². The lowest BCUT2D eigenvalue weighted by Crippen LogP contribution is -2.71. The summed E-state index contributed by atoms with van der Waals surface area (Å²) in [6, 6.07) is -1.09. The van der Waals surface area contributed by atoms with E-state index in [0.717, 1.165) is 47.6 Å². The summed E-state index contributed by atoms with van der Waals surface area (Å²) in [6.07, 6.45) is 6.90. The van der Waals surface area contributed by atoms with Crippen LogP contribution in [0.1, 0.15) is 45.2 Å². The summed E-state index contributed by atoms with van der Waals surface area (Å²) in [4.78, 5) is 65.7. The lowest BCUT2D eigenvalue weighted by atomic mass is 10.0. The number of carboxylic acid groups (broad SMARTS) is 2. The fourth-order valence-electron chi connectivity index (χ4n) is 4.82. The number of thioether (sulfide) groups is 1. The number of carbonyl (C=O) groups excluding carboxylic acids is 2. The first-order valence-corrected chi connectivity index (χ1v) is 17.5. The predicted octanol–water partition coefficient (Wildman–Crippen LogP) is -0.268. The van der Waals surface area contributed by atoms with Crippen LogP contribution in [0.2, 0.25) is 0 Å². The number of oxime groups is 1. The Morgan fingerprint density at radius 3 is 2.45 bits per heavy atom. The minimum absolute atomic E-state index is 0.0187. The molecule has 2 aromatic heterocycles. The Kier molecular flexibility index (Phi) is 12.7. The Labute approximate surface area is 290 Å². The first kappa shape index (κ1) is 37.3. The van der Waals surface area contributed by atoms with Gasteiger partial charge in [0, 0.05) is 29.8 Å². The number of thiazole rings is 1. The number of unbranched alkanes of at least 4 members (excludes halogenated alkanes) is 2. The van der Waals surface area contributed by atoms with Crippen molar-refractivity contribution >= 4 is 69.2 Å². The molecular formula is C29H42N11O7S2+. The standard InChI is InChI=1S/C29H41N11O7S2/c1-29(2,27(45)46)47-38-19(18-14-49-28(32)36-18)23(41)37-20-24(42)40-21(26(43)44)16(13-48-25(20)40)11-39-12-17(33-9-5-3-7-30)22(35-15-39)34-10-6-4-8-31/h12,14-15,20,25,33H,3-11,13,30-31H2,1-2H3,(H5,32,36,37,41,43,44,45,46)/p+1/b38-19-/t20-,25?/m1/s1. The van der Waals surface area contributed by atoms with Gasteiger partial charge in [-0.15, -0.1) is 23.1 Å². The average molecular weight is 721 g/mol. The summed E-state index contributed by atoms with van der Waals surface area (Å²) in [5.41, 5.74) is 15.9. The molecule has 11 N–H and O–H groups in total. The highest BCUT2D eigenvalue weighted by atomic mass is 32.2. The Hall–Kier alpha value is -4.53. The van der Waals surface area contributed by atoms with Crippen molar-refractivity contribution in [2.75, 3.05) is 48.3 Å². The molecule has 0 radical (unpaired) electrons. The number of amides is 2. The zero-order chi connectivity index (χ0) is 35.7. The van der Waals surface area contributed by atoms with Gasteiger partial charge in [0.1, 0.15) is 41.2 Å². The second-order valence-corrected chi connectivity index (χ2v) is 13.7. The monoisotopic (exact) mass is 720 g/mol. The van der Waals surface area contributed by atoms with E-state index in [0.29, 0.717) is 37.6 Å². The number of fused-ring (bicyclic) bond motifs is 1. The van der Waals surface area contributed by atoms with Crippen molar-refractivity contribution in [1.29, 1.82) is 0 Å². The molecule has 0 spiro atoms. The molecule has 1 fully saturated rings. The van der Waals surface area contributed by atoms with E-state index < -0.39 is 46.5 Å². The van der Waals surface area contributed by atoms with E-state index in [4.69, 9.17) is 22.0 Å². The van der Waals surface area contributed by atoms with Crippen LogP contribution in [0, 0.1) is 0 Å². The van der Waals surface area contributed by atoms with Crippen LogP contribution in [0.4, 0.5) is 16.6 Å². The molecule has 4 rings (SSSR count). The Balaban J connectivity index is 1.52. The van der Waals surface area contributed by atoms with Gasteiger partial charge in [-0.25, -0.2) is 19.1 Å². The van der Waals surface area contributed by atoms with Gasteiger partial charge in [0.15, 0.2) is 10.8 Å². The summed E-state index contributed by atoms with van der Waals surface area (Å²) in [6.45, 7) is 5.18. The van der Waals surface area contributed by atoms with Crippen LogP contribution in [0.15, 0.2) is 34.3 Å². The molecule has 0 bridgehead atoms. The molecule has 2 aliphatic heterocycles. The number of carboxylic acids is 2. The third-order valence-electron chi connectivity index (χ3n) is 7.52. The van der Waals surface area contributed by atoms with Gasteiger partial charge in [0.05, 0.1) is 0 Å². The molecule has 4 heterocycles. The Morgan fingerprint density at radius 2 is 1.84 bits per heavy atom. The van der Waals surface area contributed by atoms with E-state index in [1.807, 2.05) is 6.20 Å². The number of nitrogen functional groups attached to an aromatic ring is 1. The predicted molar refractivity (Wildman–Crippen MR) is 184 cm³/mol. The van der Waals surface area contributed by atoms with Crippen molar-refractivity contribution < 1.29 is 38.8 Å². The fourth-order valence-corrected chi connectivity index (χ4v) is 6.70. The number of anilines is 3. The van der Waals surface area contributed by atoms with Crippen molar-refractivity contribution in [1.82, 2.24) is 20.2 Å². The summed E-state index contributed by atoms with van der Waals surface area (Å²) in [5, 5.41) is 33.5. The van der Waals surface area contributed by atoms with Crippen LogP contribution in [0.5, 0.6) is 0 Å². The van der Waals surface area contributed by atoms with E-state index in [9.17, 15) is 29.4 Å². The number of aromatic nitrogens is 3. The highest BCUT2D eigenvalue weighted by molar-refractivity contribution is 8.00. The van der Waals surface area contributed by atoms with Gasteiger partial charge < -0.3 is 48.2 Å². The number of β-lactam (4-membered cyclic amide) rings is 1. The lowest BCUT2D eigenvalue weighted by molar-refractivity contribution is -0.691. The maximum absolute atomic E-state index is 13.4. The average Bonchev–Trinajstić information content (AvgIpc) is 3.49. The van der Waals surface area contributed by atoms with Crippen LogP contribution in [-0.2, 0) is 30.6 Å². The number of carbonyl (C=O) groups is 4. The Bertz CT molecular complexity index is 1610. The van der Waals surface area contributed by atoms with E-state index in [1.54, 1.807) is 10.9 Å². The van der Waals surface area contributed by atoms with Gasteiger partial charge >= 0.3 is 11.9 Å². The van der Waals surface area contributed by atoms with E-state index in [1.165, 1.54) is 31.0 Å². The van der Waals surface area contributed by atoms with Crippen LogP contribution in [0.3, 0.4) is 0 Å². The largest absolute Gasteiger partial charge is 0.478 e. The van der Waals surface area contributed by atoms with Crippen molar-refractivity contribution in [2.45, 2.75) is 63.1 Å². The maximum Gasteiger partial charge on any atom is 0.352 e. The third-order valence-corrected chi connectivity index (χ3v) is 9.54. The molecule has 20 heteroatoms. The molecule has 2 atom stereocenters. The molecule has 2 aliphatic rings. The zero-order valence-corrected chi connectivity index (χ0v) is 28.8. The maximum atomic E-state index is 13.4. The van der Waals surface area contributed by atoms with Crippen LogP contribution < -0.4 is 37.7 Å². The molecule has 0 saturated carbocycles. The van der Waals surface area contributed by atoms with Crippen LogP contribution in [0.25, 0.3) is 0 Å². The van der Waals surface area contributed by atoms with Gasteiger partial charge in [0.2, 0.25) is 5.60 Å². The topological polar surface area (TPSA) is 277 Å². The fraction of sp³-hybridized carbons (Fsp3) is 0.517. The normalized spacial score (nSPS) is 17.7.